The lowest BCUT2D eigenvalue weighted by Crippen LogP contribution is -2.42. The van der Waals surface area contributed by atoms with Crippen LogP contribution in [0.25, 0.3) is 0 Å². The smallest absolute Gasteiger partial charge is 0.240 e. The molecule has 0 aliphatic heterocycles. The molecule has 94 valence electrons. The Hall–Kier alpha value is -1.86. The van der Waals surface area contributed by atoms with Crippen molar-refractivity contribution < 1.29 is 9.90 Å². The summed E-state index contributed by atoms with van der Waals surface area (Å²) in [6, 6.07) is 11.4. The van der Waals surface area contributed by atoms with E-state index in [0.717, 1.165) is 5.56 Å². The van der Waals surface area contributed by atoms with Gasteiger partial charge in [-0.05, 0) is 24.8 Å². The third kappa shape index (κ3) is 2.69. The number of benzene rings is 1. The first kappa shape index (κ1) is 12.6. The molecule has 1 aromatic rings. The standard InChI is InChI=1S/C14H16N2O2/c15-10-14(6-7-14)13(18)16-12(9-17)8-11-4-2-1-3-5-11/h1-5,12,17H,6-9H2,(H,16,18)/t12-/m1/s1. The van der Waals surface area contributed by atoms with Crippen LogP contribution in [0.15, 0.2) is 30.3 Å². The van der Waals surface area contributed by atoms with E-state index in [1.165, 1.54) is 0 Å². The van der Waals surface area contributed by atoms with Gasteiger partial charge in [0.25, 0.3) is 0 Å². The van der Waals surface area contributed by atoms with Crippen LogP contribution < -0.4 is 5.32 Å². The summed E-state index contributed by atoms with van der Waals surface area (Å²) in [6.45, 7) is -0.123. The van der Waals surface area contributed by atoms with Crippen molar-refractivity contribution in [2.24, 2.45) is 5.41 Å². The first-order valence-electron chi connectivity index (χ1n) is 6.07. The minimum atomic E-state index is -0.829. The summed E-state index contributed by atoms with van der Waals surface area (Å²) in [4.78, 5) is 11.9. The van der Waals surface area contributed by atoms with E-state index in [1.807, 2.05) is 30.3 Å². The van der Waals surface area contributed by atoms with Crippen LogP contribution in [-0.4, -0.2) is 23.7 Å². The summed E-state index contributed by atoms with van der Waals surface area (Å²) in [5.74, 6) is -0.250. The lowest BCUT2D eigenvalue weighted by molar-refractivity contribution is -0.125. The molecule has 0 aromatic heterocycles. The van der Waals surface area contributed by atoms with E-state index in [4.69, 9.17) is 5.26 Å². The van der Waals surface area contributed by atoms with Crippen molar-refractivity contribution >= 4 is 5.91 Å². The first-order valence-corrected chi connectivity index (χ1v) is 6.07. The van der Waals surface area contributed by atoms with Gasteiger partial charge in [-0.25, -0.2) is 0 Å². The van der Waals surface area contributed by atoms with E-state index in [2.05, 4.69) is 11.4 Å². The Bertz CT molecular complexity index is 460. The summed E-state index contributed by atoms with van der Waals surface area (Å²) >= 11 is 0. The second kappa shape index (κ2) is 5.19. The number of hydrogen-bond acceptors (Lipinski definition) is 3. The Kier molecular flexibility index (Phi) is 3.63. The molecule has 0 bridgehead atoms. The molecular formula is C14H16N2O2. The molecule has 1 amide bonds. The number of carbonyl (C=O) groups excluding carboxylic acids is 1. The van der Waals surface area contributed by atoms with E-state index in [-0.39, 0.29) is 18.6 Å². The monoisotopic (exact) mass is 244 g/mol. The number of nitrogens with zero attached hydrogens (tertiary/aromatic N) is 1. The molecule has 0 spiro atoms. The molecule has 1 fully saturated rings. The highest BCUT2D eigenvalue weighted by Gasteiger charge is 2.50. The first-order chi connectivity index (χ1) is 8.70. The summed E-state index contributed by atoms with van der Waals surface area (Å²) in [5, 5.41) is 21.0. The Morgan fingerprint density at radius 1 is 1.44 bits per heavy atom. The molecule has 1 atom stereocenters. The molecule has 2 rings (SSSR count). The normalized spacial score (nSPS) is 17.6. The second-order valence-corrected chi connectivity index (χ2v) is 4.74. The van der Waals surface area contributed by atoms with Crippen molar-refractivity contribution in [1.29, 1.82) is 5.26 Å². The number of amides is 1. The molecule has 1 aromatic carbocycles. The van der Waals surface area contributed by atoms with Crippen LogP contribution in [-0.2, 0) is 11.2 Å². The Balaban J connectivity index is 1.94. The largest absolute Gasteiger partial charge is 0.394 e. The Morgan fingerprint density at radius 2 is 2.11 bits per heavy atom. The number of nitriles is 1. The second-order valence-electron chi connectivity index (χ2n) is 4.74. The van der Waals surface area contributed by atoms with Crippen LogP contribution >= 0.6 is 0 Å². The molecule has 1 aliphatic rings. The van der Waals surface area contributed by atoms with Crippen molar-refractivity contribution in [2.75, 3.05) is 6.61 Å². The van der Waals surface area contributed by atoms with E-state index >= 15 is 0 Å². The quantitative estimate of drug-likeness (QED) is 0.812. The molecule has 0 saturated heterocycles. The molecular weight excluding hydrogens is 228 g/mol. The lowest BCUT2D eigenvalue weighted by atomic mass is 10.0. The van der Waals surface area contributed by atoms with Gasteiger partial charge in [-0.15, -0.1) is 0 Å². The number of hydrogen-bond donors (Lipinski definition) is 2. The van der Waals surface area contributed by atoms with Crippen LogP contribution in [0.4, 0.5) is 0 Å². The maximum atomic E-state index is 11.9. The summed E-state index contributed by atoms with van der Waals surface area (Å²) < 4.78 is 0. The maximum Gasteiger partial charge on any atom is 0.240 e. The topological polar surface area (TPSA) is 73.1 Å². The van der Waals surface area contributed by atoms with Gasteiger partial charge in [0.15, 0.2) is 0 Å². The van der Waals surface area contributed by atoms with Gasteiger partial charge < -0.3 is 10.4 Å². The van der Waals surface area contributed by atoms with E-state index in [0.29, 0.717) is 19.3 Å². The Morgan fingerprint density at radius 3 is 2.61 bits per heavy atom. The zero-order valence-corrected chi connectivity index (χ0v) is 10.1. The molecule has 2 N–H and O–H groups in total. The fourth-order valence-electron chi connectivity index (χ4n) is 1.90. The molecule has 4 nitrogen and oxygen atoms in total. The molecule has 4 heteroatoms. The third-order valence-electron chi connectivity index (χ3n) is 3.28. The lowest BCUT2D eigenvalue weighted by Gasteiger charge is -2.18. The summed E-state index contributed by atoms with van der Waals surface area (Å²) in [5.41, 5.74) is 0.225. The molecule has 0 radical (unpaired) electrons. The van der Waals surface area contributed by atoms with Gasteiger partial charge in [0.2, 0.25) is 5.91 Å². The average molecular weight is 244 g/mol. The van der Waals surface area contributed by atoms with Gasteiger partial charge in [0.05, 0.1) is 18.7 Å². The number of nitrogens with one attached hydrogen (secondary N) is 1. The zero-order chi connectivity index (χ0) is 13.0. The fourth-order valence-corrected chi connectivity index (χ4v) is 1.90. The van der Waals surface area contributed by atoms with Crippen molar-refractivity contribution in [3.63, 3.8) is 0 Å². The molecule has 0 heterocycles. The van der Waals surface area contributed by atoms with Gasteiger partial charge in [-0.1, -0.05) is 30.3 Å². The van der Waals surface area contributed by atoms with Gasteiger partial charge in [-0.3, -0.25) is 4.79 Å². The highest BCUT2D eigenvalue weighted by atomic mass is 16.3. The van der Waals surface area contributed by atoms with E-state index < -0.39 is 5.41 Å². The number of rotatable bonds is 5. The van der Waals surface area contributed by atoms with Crippen molar-refractivity contribution in [3.8, 4) is 6.07 Å². The molecule has 1 saturated carbocycles. The number of aliphatic hydroxyl groups excluding tert-OH is 1. The predicted octanol–water partition coefficient (Wildman–Crippen LogP) is 1.01. The van der Waals surface area contributed by atoms with Crippen LogP contribution in [0.2, 0.25) is 0 Å². The van der Waals surface area contributed by atoms with Crippen molar-refractivity contribution in [1.82, 2.24) is 5.32 Å². The minimum absolute atomic E-state index is 0.123. The van der Waals surface area contributed by atoms with Crippen LogP contribution in [0.3, 0.4) is 0 Å². The summed E-state index contributed by atoms with van der Waals surface area (Å²) in [6.07, 6.45) is 1.82. The van der Waals surface area contributed by atoms with Crippen molar-refractivity contribution in [2.45, 2.75) is 25.3 Å². The fraction of sp³-hybridized carbons (Fsp3) is 0.429. The van der Waals surface area contributed by atoms with Crippen LogP contribution in [0.1, 0.15) is 18.4 Å². The van der Waals surface area contributed by atoms with E-state index in [1.54, 1.807) is 0 Å². The van der Waals surface area contributed by atoms with Gasteiger partial charge >= 0.3 is 0 Å². The number of carbonyl (C=O) groups is 1. The molecule has 18 heavy (non-hydrogen) atoms. The molecule has 1 aliphatic carbocycles. The minimum Gasteiger partial charge on any atom is -0.394 e. The van der Waals surface area contributed by atoms with E-state index in [9.17, 15) is 9.90 Å². The van der Waals surface area contributed by atoms with Crippen molar-refractivity contribution in [3.05, 3.63) is 35.9 Å². The van der Waals surface area contributed by atoms with Gasteiger partial charge in [0, 0.05) is 0 Å². The maximum absolute atomic E-state index is 11.9. The predicted molar refractivity (Wildman–Crippen MR) is 66.4 cm³/mol. The van der Waals surface area contributed by atoms with Crippen LogP contribution in [0.5, 0.6) is 0 Å². The molecule has 0 unspecified atom stereocenters. The number of aliphatic hydroxyl groups is 1. The van der Waals surface area contributed by atoms with Gasteiger partial charge in [-0.2, -0.15) is 5.26 Å². The highest BCUT2D eigenvalue weighted by Crippen LogP contribution is 2.45. The third-order valence-corrected chi connectivity index (χ3v) is 3.28. The Labute approximate surface area is 106 Å². The zero-order valence-electron chi connectivity index (χ0n) is 10.1. The van der Waals surface area contributed by atoms with Crippen LogP contribution in [0, 0.1) is 16.7 Å². The summed E-state index contributed by atoms with van der Waals surface area (Å²) in [7, 11) is 0. The highest BCUT2D eigenvalue weighted by molar-refractivity contribution is 5.88. The average Bonchev–Trinajstić information content (AvgIpc) is 3.20. The SMILES string of the molecule is N#CC1(C(=O)N[C@@H](CO)Cc2ccccc2)CC1. The van der Waals surface area contributed by atoms with Gasteiger partial charge in [0.1, 0.15) is 5.41 Å².